The van der Waals surface area contributed by atoms with Crippen LogP contribution in [0.5, 0.6) is 0 Å². The summed E-state index contributed by atoms with van der Waals surface area (Å²) in [5.41, 5.74) is 0.581. The fourth-order valence-electron chi connectivity index (χ4n) is 1.61. The molecule has 1 aromatic carbocycles. The van der Waals surface area contributed by atoms with E-state index in [9.17, 15) is 13.0 Å². The number of hydrogen-bond donors (Lipinski definition) is 1. The Morgan fingerprint density at radius 2 is 1.78 bits per heavy atom. The van der Waals surface area contributed by atoms with Crippen LogP contribution < -0.4 is 5.32 Å². The molecule has 2 nitrogen and oxygen atoms in total. The minimum absolute atomic E-state index is 0.119. The van der Waals surface area contributed by atoms with Crippen molar-refractivity contribution in [1.29, 1.82) is 0 Å². The van der Waals surface area contributed by atoms with Crippen molar-refractivity contribution >= 4 is 10.8 Å². The van der Waals surface area contributed by atoms with Crippen LogP contribution in [0.4, 0.5) is 8.78 Å². The highest BCUT2D eigenvalue weighted by Gasteiger charge is 2.10. The monoisotopic (exact) mass is 275 g/mol. The molecule has 5 heteroatoms. The Morgan fingerprint density at radius 1 is 1.22 bits per heavy atom. The molecule has 0 radical (unpaired) electrons. The predicted octanol–water partition coefficient (Wildman–Crippen LogP) is 2.77. The van der Waals surface area contributed by atoms with E-state index in [2.05, 4.69) is 5.32 Å². The van der Waals surface area contributed by atoms with Gasteiger partial charge in [-0.1, -0.05) is 6.92 Å². The van der Waals surface area contributed by atoms with Gasteiger partial charge < -0.3 is 5.32 Å². The van der Waals surface area contributed by atoms with Crippen LogP contribution in [0.15, 0.2) is 18.2 Å². The molecule has 0 fully saturated rings. The quantitative estimate of drug-likeness (QED) is 0.865. The zero-order chi connectivity index (χ0) is 13.7. The van der Waals surface area contributed by atoms with Gasteiger partial charge in [0.25, 0.3) is 0 Å². The van der Waals surface area contributed by atoms with Gasteiger partial charge in [0.05, 0.1) is 0 Å². The second kappa shape index (κ2) is 6.95. The smallest absolute Gasteiger partial charge is 0.126 e. The van der Waals surface area contributed by atoms with E-state index in [-0.39, 0.29) is 11.3 Å². The Kier molecular flexibility index (Phi) is 5.88. The molecule has 0 aromatic heterocycles. The molecule has 1 aromatic rings. The largest absolute Gasteiger partial charge is 0.310 e. The maximum atomic E-state index is 13.0. The van der Waals surface area contributed by atoms with E-state index in [0.29, 0.717) is 12.1 Å². The zero-order valence-corrected chi connectivity index (χ0v) is 11.7. The molecule has 0 saturated heterocycles. The van der Waals surface area contributed by atoms with Crippen LogP contribution in [0, 0.1) is 11.6 Å². The number of hydrogen-bond acceptors (Lipinski definition) is 2. The lowest BCUT2D eigenvalue weighted by Gasteiger charge is -2.16. The van der Waals surface area contributed by atoms with E-state index in [0.717, 1.165) is 12.5 Å². The Labute approximate surface area is 109 Å². The lowest BCUT2D eigenvalue weighted by atomic mass is 10.1. The van der Waals surface area contributed by atoms with Crippen LogP contribution in [0.3, 0.4) is 0 Å². The van der Waals surface area contributed by atoms with Crippen LogP contribution >= 0.6 is 0 Å². The van der Waals surface area contributed by atoms with Gasteiger partial charge in [-0.25, -0.2) is 8.78 Å². The van der Waals surface area contributed by atoms with Crippen molar-refractivity contribution in [3.63, 3.8) is 0 Å². The number of benzene rings is 1. The summed E-state index contributed by atoms with van der Waals surface area (Å²) < 4.78 is 37.2. The van der Waals surface area contributed by atoms with Crippen molar-refractivity contribution < 1.29 is 13.0 Å². The number of rotatable bonds is 6. The molecule has 3 atom stereocenters. The molecule has 1 rings (SSSR count). The molecule has 0 aliphatic rings. The SMILES string of the molecule is CC(NCCC(C)S(C)=O)c1cc(F)cc(F)c1. The highest BCUT2D eigenvalue weighted by Crippen LogP contribution is 2.15. The molecular weight excluding hydrogens is 256 g/mol. The first-order valence-corrected chi connectivity index (χ1v) is 7.54. The van der Waals surface area contributed by atoms with Gasteiger partial charge in [0, 0.05) is 34.4 Å². The van der Waals surface area contributed by atoms with Gasteiger partial charge in [0.2, 0.25) is 0 Å². The van der Waals surface area contributed by atoms with E-state index in [1.54, 1.807) is 6.26 Å². The average molecular weight is 275 g/mol. The normalized spacial score (nSPS) is 16.3. The minimum Gasteiger partial charge on any atom is -0.310 e. The Bertz CT molecular complexity index is 405. The molecule has 0 bridgehead atoms. The highest BCUT2D eigenvalue weighted by molar-refractivity contribution is 7.84. The first-order valence-electron chi connectivity index (χ1n) is 5.91. The van der Waals surface area contributed by atoms with E-state index in [4.69, 9.17) is 0 Å². The highest BCUT2D eigenvalue weighted by atomic mass is 32.2. The van der Waals surface area contributed by atoms with Crippen LogP contribution in [0.25, 0.3) is 0 Å². The summed E-state index contributed by atoms with van der Waals surface area (Å²) in [6, 6.07) is 3.37. The molecule has 0 heterocycles. The first kappa shape index (κ1) is 15.2. The van der Waals surface area contributed by atoms with E-state index >= 15 is 0 Å². The summed E-state index contributed by atoms with van der Waals surface area (Å²) in [5.74, 6) is -1.14. The number of nitrogens with one attached hydrogen (secondary N) is 1. The molecule has 3 unspecified atom stereocenters. The first-order chi connectivity index (χ1) is 8.40. The molecule has 1 N–H and O–H groups in total. The van der Waals surface area contributed by atoms with Crippen molar-refractivity contribution in [2.45, 2.75) is 31.6 Å². The third-order valence-electron chi connectivity index (χ3n) is 2.95. The van der Waals surface area contributed by atoms with Gasteiger partial charge in [0.15, 0.2) is 0 Å². The fourth-order valence-corrected chi connectivity index (χ4v) is 2.06. The third kappa shape index (κ3) is 4.82. The molecular formula is C13H19F2NOS. The van der Waals surface area contributed by atoms with E-state index < -0.39 is 22.4 Å². The van der Waals surface area contributed by atoms with E-state index in [1.165, 1.54) is 12.1 Å². The van der Waals surface area contributed by atoms with Crippen molar-refractivity contribution in [2.24, 2.45) is 0 Å². The molecule has 0 aliphatic heterocycles. The van der Waals surface area contributed by atoms with Crippen LogP contribution in [0.1, 0.15) is 31.9 Å². The maximum Gasteiger partial charge on any atom is 0.126 e. The fraction of sp³-hybridized carbons (Fsp3) is 0.538. The molecule has 102 valence electrons. The van der Waals surface area contributed by atoms with Crippen molar-refractivity contribution in [1.82, 2.24) is 5.32 Å². The maximum absolute atomic E-state index is 13.0. The lowest BCUT2D eigenvalue weighted by molar-refractivity contribution is 0.535. The van der Waals surface area contributed by atoms with Gasteiger partial charge in [-0.3, -0.25) is 4.21 Å². The van der Waals surface area contributed by atoms with Gasteiger partial charge in [-0.2, -0.15) is 0 Å². The van der Waals surface area contributed by atoms with Crippen LogP contribution in [-0.4, -0.2) is 22.3 Å². The summed E-state index contributed by atoms with van der Waals surface area (Å²) in [6.07, 6.45) is 2.45. The topological polar surface area (TPSA) is 29.1 Å². The van der Waals surface area contributed by atoms with Crippen LogP contribution in [-0.2, 0) is 10.8 Å². The summed E-state index contributed by atoms with van der Waals surface area (Å²) in [5, 5.41) is 3.29. The van der Waals surface area contributed by atoms with Gasteiger partial charge in [0.1, 0.15) is 11.6 Å². The van der Waals surface area contributed by atoms with Gasteiger partial charge in [-0.05, 0) is 37.6 Å². The van der Waals surface area contributed by atoms with Crippen molar-refractivity contribution in [3.05, 3.63) is 35.4 Å². The lowest BCUT2D eigenvalue weighted by Crippen LogP contribution is -2.24. The Hall–Kier alpha value is -0.810. The van der Waals surface area contributed by atoms with Crippen LogP contribution in [0.2, 0.25) is 0 Å². The van der Waals surface area contributed by atoms with Gasteiger partial charge in [-0.15, -0.1) is 0 Å². The van der Waals surface area contributed by atoms with Crippen molar-refractivity contribution in [3.8, 4) is 0 Å². The standard InChI is InChI=1S/C13H19F2NOS/c1-9(18(3)17)4-5-16-10(2)11-6-12(14)8-13(15)7-11/h6-10,16H,4-5H2,1-3H3. The van der Waals surface area contributed by atoms with E-state index in [1.807, 2.05) is 13.8 Å². The molecule has 0 saturated carbocycles. The molecule has 18 heavy (non-hydrogen) atoms. The third-order valence-corrected chi connectivity index (χ3v) is 4.32. The average Bonchev–Trinajstić information content (AvgIpc) is 2.27. The second-order valence-electron chi connectivity index (χ2n) is 4.48. The summed E-state index contributed by atoms with van der Waals surface area (Å²) in [6.45, 7) is 4.44. The summed E-state index contributed by atoms with van der Waals surface area (Å²) in [4.78, 5) is 0. The minimum atomic E-state index is -0.837. The summed E-state index contributed by atoms with van der Waals surface area (Å²) >= 11 is 0. The zero-order valence-electron chi connectivity index (χ0n) is 10.9. The molecule has 0 spiro atoms. The molecule has 0 aliphatic carbocycles. The molecule has 0 amide bonds. The predicted molar refractivity (Wildman–Crippen MR) is 70.9 cm³/mol. The van der Waals surface area contributed by atoms with Crippen molar-refractivity contribution in [2.75, 3.05) is 12.8 Å². The second-order valence-corrected chi connectivity index (χ2v) is 6.28. The summed E-state index contributed by atoms with van der Waals surface area (Å²) in [7, 11) is -0.837. The Morgan fingerprint density at radius 3 is 2.28 bits per heavy atom. The number of halogens is 2. The van der Waals surface area contributed by atoms with Gasteiger partial charge >= 0.3 is 0 Å². The Balaban J connectivity index is 2.50.